The van der Waals surface area contributed by atoms with Crippen LogP contribution in [0.25, 0.3) is 11.1 Å². The van der Waals surface area contributed by atoms with E-state index < -0.39 is 0 Å². The first-order chi connectivity index (χ1) is 17.9. The van der Waals surface area contributed by atoms with Gasteiger partial charge in [0.15, 0.2) is 11.5 Å². The number of aryl methyl sites for hydroxylation is 1. The maximum Gasteiger partial charge on any atom is 0.217 e. The van der Waals surface area contributed by atoms with E-state index in [4.69, 9.17) is 18.9 Å². The minimum Gasteiger partial charge on any atom is -0.493 e. The molecule has 0 fully saturated rings. The molecule has 37 heavy (non-hydrogen) atoms. The molecule has 0 aromatic heterocycles. The van der Waals surface area contributed by atoms with E-state index in [1.807, 2.05) is 43.3 Å². The molecule has 194 valence electrons. The second kappa shape index (κ2) is 11.2. The molecule has 8 nitrogen and oxygen atoms in total. The molecule has 0 bridgehead atoms. The van der Waals surface area contributed by atoms with Gasteiger partial charge in [-0.2, -0.15) is 0 Å². The second-order valence-electron chi connectivity index (χ2n) is 8.65. The number of benzene rings is 2. The van der Waals surface area contributed by atoms with Crippen molar-refractivity contribution >= 4 is 17.3 Å². The fraction of sp³-hybridized carbons (Fsp3) is 0.310. The fourth-order valence-electron chi connectivity index (χ4n) is 4.81. The van der Waals surface area contributed by atoms with Gasteiger partial charge in [0, 0.05) is 12.5 Å². The summed E-state index contributed by atoms with van der Waals surface area (Å²) in [5.74, 6) is 2.00. The molecule has 0 saturated carbocycles. The highest BCUT2D eigenvalue weighted by Crippen LogP contribution is 2.50. The van der Waals surface area contributed by atoms with Gasteiger partial charge >= 0.3 is 0 Å². The zero-order chi connectivity index (χ0) is 26.5. The molecule has 1 aliphatic carbocycles. The van der Waals surface area contributed by atoms with Gasteiger partial charge in [-0.3, -0.25) is 9.59 Å². The van der Waals surface area contributed by atoms with Crippen LogP contribution in [0.1, 0.15) is 37.4 Å². The van der Waals surface area contributed by atoms with Crippen LogP contribution in [0.15, 0.2) is 53.3 Å². The van der Waals surface area contributed by atoms with E-state index in [9.17, 15) is 9.59 Å². The van der Waals surface area contributed by atoms with Crippen molar-refractivity contribution in [2.75, 3.05) is 33.3 Å². The summed E-state index contributed by atoms with van der Waals surface area (Å²) in [6.45, 7) is 3.88. The zero-order valence-corrected chi connectivity index (χ0v) is 21.8. The molecule has 1 atom stereocenters. The van der Waals surface area contributed by atoms with E-state index in [-0.39, 0.29) is 17.4 Å². The van der Waals surface area contributed by atoms with E-state index >= 15 is 0 Å². The molecule has 2 N–H and O–H groups in total. The summed E-state index contributed by atoms with van der Waals surface area (Å²) in [5.41, 5.74) is 4.10. The highest BCUT2D eigenvalue weighted by Gasteiger charge is 2.29. The van der Waals surface area contributed by atoms with E-state index in [1.54, 1.807) is 33.5 Å². The molecule has 1 amide bonds. The molecule has 3 aromatic rings. The number of anilines is 2. The first-order valence-corrected chi connectivity index (χ1v) is 12.2. The van der Waals surface area contributed by atoms with Crippen LogP contribution in [0.2, 0.25) is 0 Å². The minimum atomic E-state index is -0.370. The maximum atomic E-state index is 13.5. The van der Waals surface area contributed by atoms with E-state index in [1.165, 1.54) is 6.92 Å². The summed E-state index contributed by atoms with van der Waals surface area (Å²) in [6.07, 6.45) is 1.23. The molecule has 0 radical (unpaired) electrons. The van der Waals surface area contributed by atoms with Crippen molar-refractivity contribution < 1.29 is 23.7 Å². The van der Waals surface area contributed by atoms with Crippen molar-refractivity contribution in [2.45, 2.75) is 32.7 Å². The molecule has 0 aliphatic heterocycles. The van der Waals surface area contributed by atoms with Crippen LogP contribution >= 0.6 is 0 Å². The molecule has 0 saturated heterocycles. The van der Waals surface area contributed by atoms with Crippen LogP contribution in [0.4, 0.5) is 11.4 Å². The Balaban J connectivity index is 1.96. The molecule has 0 unspecified atom stereocenters. The number of rotatable bonds is 8. The lowest BCUT2D eigenvalue weighted by Gasteiger charge is -2.19. The summed E-state index contributed by atoms with van der Waals surface area (Å²) in [4.78, 5) is 25.6. The van der Waals surface area contributed by atoms with Gasteiger partial charge in [-0.1, -0.05) is 18.2 Å². The van der Waals surface area contributed by atoms with Crippen LogP contribution < -0.4 is 35.0 Å². The molecular weight excluding hydrogens is 472 g/mol. The number of methoxy groups -OCH3 is 3. The topological polar surface area (TPSA) is 95.1 Å². The maximum absolute atomic E-state index is 13.5. The smallest absolute Gasteiger partial charge is 0.217 e. The molecule has 1 aliphatic rings. The first-order valence-electron chi connectivity index (χ1n) is 12.2. The molecule has 3 aromatic carbocycles. The first kappa shape index (κ1) is 25.9. The van der Waals surface area contributed by atoms with Gasteiger partial charge in [0.25, 0.3) is 0 Å². The number of carbonyl (C=O) groups is 1. The van der Waals surface area contributed by atoms with Crippen molar-refractivity contribution in [1.82, 2.24) is 5.32 Å². The SMILES string of the molecule is CCOc1ccccc1Nc1ccc2c(cc1=O)[C@@H](NC(C)=O)CCc1cc(OC)c(OC)c(OC)c1-2. The standard InChI is InChI=1S/C29H32N2O6/c1-6-37-25-10-8-7-9-23(25)31-22-14-12-19-20(16-24(22)33)21(30-17(2)32)13-11-18-15-26(34-3)28(35-4)29(36-5)27(18)19/h7-10,12,14-16,21H,6,11,13H2,1-5H3,(H,30,32)(H,31,33)/t21-/m0/s1. The zero-order valence-electron chi connectivity index (χ0n) is 21.8. The number of para-hydroxylation sites is 2. The Morgan fingerprint density at radius 3 is 2.38 bits per heavy atom. The monoisotopic (exact) mass is 504 g/mol. The fourth-order valence-corrected chi connectivity index (χ4v) is 4.81. The van der Waals surface area contributed by atoms with Crippen molar-refractivity contribution in [3.05, 3.63) is 69.9 Å². The van der Waals surface area contributed by atoms with Crippen LogP contribution in [-0.2, 0) is 11.2 Å². The van der Waals surface area contributed by atoms with Gasteiger partial charge in [-0.05, 0) is 66.8 Å². The average Bonchev–Trinajstić information content (AvgIpc) is 3.13. The number of fused-ring (bicyclic) bond motifs is 3. The van der Waals surface area contributed by atoms with Gasteiger partial charge in [-0.25, -0.2) is 0 Å². The van der Waals surface area contributed by atoms with Crippen LogP contribution in [-0.4, -0.2) is 33.8 Å². The summed E-state index contributed by atoms with van der Waals surface area (Å²) >= 11 is 0. The van der Waals surface area contributed by atoms with Gasteiger partial charge in [0.05, 0.1) is 45.4 Å². The van der Waals surface area contributed by atoms with Gasteiger partial charge in [-0.15, -0.1) is 0 Å². The lowest BCUT2D eigenvalue weighted by atomic mass is 9.95. The van der Waals surface area contributed by atoms with Crippen molar-refractivity contribution in [2.24, 2.45) is 0 Å². The number of nitrogens with one attached hydrogen (secondary N) is 2. The highest BCUT2D eigenvalue weighted by molar-refractivity contribution is 5.84. The molecule has 0 spiro atoms. The Morgan fingerprint density at radius 1 is 0.946 bits per heavy atom. The Kier molecular flexibility index (Phi) is 7.86. The van der Waals surface area contributed by atoms with Gasteiger partial charge in [0.2, 0.25) is 17.1 Å². The largest absolute Gasteiger partial charge is 0.493 e. The number of ether oxygens (including phenoxy) is 4. The third kappa shape index (κ3) is 5.18. The summed E-state index contributed by atoms with van der Waals surface area (Å²) in [5, 5.41) is 6.25. The third-order valence-corrected chi connectivity index (χ3v) is 6.37. The Bertz CT molecular complexity index is 1370. The van der Waals surface area contributed by atoms with Crippen LogP contribution in [0.5, 0.6) is 23.0 Å². The van der Waals surface area contributed by atoms with E-state index in [0.717, 1.165) is 16.7 Å². The molecule has 8 heteroatoms. The Morgan fingerprint density at radius 2 is 1.70 bits per heavy atom. The van der Waals surface area contributed by atoms with Crippen molar-refractivity contribution in [3.63, 3.8) is 0 Å². The predicted octanol–water partition coefficient (Wildman–Crippen LogP) is 5.01. The Labute approximate surface area is 216 Å². The second-order valence-corrected chi connectivity index (χ2v) is 8.65. The van der Waals surface area contributed by atoms with Crippen LogP contribution in [0.3, 0.4) is 0 Å². The molecule has 0 heterocycles. The Hall–Kier alpha value is -4.20. The van der Waals surface area contributed by atoms with E-state index in [2.05, 4.69) is 10.6 Å². The summed E-state index contributed by atoms with van der Waals surface area (Å²) in [7, 11) is 4.71. The number of carbonyl (C=O) groups excluding carboxylic acids is 1. The van der Waals surface area contributed by atoms with Crippen molar-refractivity contribution in [3.8, 4) is 34.1 Å². The van der Waals surface area contributed by atoms with E-state index in [0.29, 0.717) is 59.4 Å². The van der Waals surface area contributed by atoms with Crippen molar-refractivity contribution in [1.29, 1.82) is 0 Å². The quantitative estimate of drug-likeness (QED) is 0.446. The molecule has 4 rings (SSSR count). The number of hydrogen-bond donors (Lipinski definition) is 2. The minimum absolute atomic E-state index is 0.174. The highest BCUT2D eigenvalue weighted by atomic mass is 16.5. The number of hydrogen-bond acceptors (Lipinski definition) is 7. The average molecular weight is 505 g/mol. The van der Waals surface area contributed by atoms with Gasteiger partial charge in [0.1, 0.15) is 5.75 Å². The summed E-state index contributed by atoms with van der Waals surface area (Å²) < 4.78 is 22.8. The molecular formula is C29H32N2O6. The normalized spacial score (nSPS) is 13.9. The lowest BCUT2D eigenvalue weighted by Crippen LogP contribution is -2.26. The van der Waals surface area contributed by atoms with Gasteiger partial charge < -0.3 is 29.6 Å². The van der Waals surface area contributed by atoms with Crippen LogP contribution in [0, 0.1) is 0 Å². The summed E-state index contributed by atoms with van der Waals surface area (Å²) in [6, 6.07) is 14.2. The predicted molar refractivity (Wildman–Crippen MR) is 144 cm³/mol. The third-order valence-electron chi connectivity index (χ3n) is 6.37. The number of amides is 1. The lowest BCUT2D eigenvalue weighted by molar-refractivity contribution is -0.119.